The lowest BCUT2D eigenvalue weighted by molar-refractivity contribution is 0.374. The molecule has 1 aromatic rings. The van der Waals surface area contributed by atoms with Gasteiger partial charge < -0.3 is 15.1 Å². The van der Waals surface area contributed by atoms with Gasteiger partial charge in [0.2, 0.25) is 0 Å². The SMILES string of the molecule is CN1CCC(Cc2ncc(CCN)o2)C1. The number of nitrogens with two attached hydrogens (primary N) is 1. The van der Waals surface area contributed by atoms with Crippen LogP contribution >= 0.6 is 0 Å². The topological polar surface area (TPSA) is 55.3 Å². The van der Waals surface area contributed by atoms with E-state index in [1.165, 1.54) is 13.0 Å². The maximum absolute atomic E-state index is 5.61. The van der Waals surface area contributed by atoms with E-state index < -0.39 is 0 Å². The molecule has 84 valence electrons. The normalized spacial score (nSPS) is 22.4. The molecule has 1 aliphatic rings. The summed E-state index contributed by atoms with van der Waals surface area (Å²) >= 11 is 0. The quantitative estimate of drug-likeness (QED) is 0.792. The number of nitrogens with zero attached hydrogens (tertiary/aromatic N) is 2. The molecule has 1 unspecified atom stereocenters. The molecular formula is C11H19N3O. The van der Waals surface area contributed by atoms with Gasteiger partial charge in [-0.1, -0.05) is 0 Å². The van der Waals surface area contributed by atoms with Gasteiger partial charge in [-0.25, -0.2) is 4.98 Å². The summed E-state index contributed by atoms with van der Waals surface area (Å²) < 4.78 is 5.61. The Bertz CT molecular complexity index is 311. The van der Waals surface area contributed by atoms with E-state index in [1.807, 2.05) is 0 Å². The van der Waals surface area contributed by atoms with E-state index in [4.69, 9.17) is 10.2 Å². The van der Waals surface area contributed by atoms with E-state index in [0.29, 0.717) is 12.5 Å². The molecule has 0 bridgehead atoms. The maximum Gasteiger partial charge on any atom is 0.194 e. The van der Waals surface area contributed by atoms with E-state index in [-0.39, 0.29) is 0 Å². The second-order valence-electron chi connectivity index (χ2n) is 4.38. The molecule has 0 radical (unpaired) electrons. The number of hydrogen-bond donors (Lipinski definition) is 1. The summed E-state index contributed by atoms with van der Waals surface area (Å²) in [5.41, 5.74) is 5.46. The molecule has 1 aliphatic heterocycles. The molecule has 0 saturated carbocycles. The lowest BCUT2D eigenvalue weighted by Crippen LogP contribution is -2.15. The average Bonchev–Trinajstić information content (AvgIpc) is 2.78. The van der Waals surface area contributed by atoms with Crippen LogP contribution in [0.15, 0.2) is 10.6 Å². The van der Waals surface area contributed by atoms with Crippen LogP contribution in [0.1, 0.15) is 18.1 Å². The van der Waals surface area contributed by atoms with E-state index in [0.717, 1.165) is 31.0 Å². The molecule has 0 spiro atoms. The second-order valence-corrected chi connectivity index (χ2v) is 4.38. The van der Waals surface area contributed by atoms with Crippen molar-refractivity contribution in [3.05, 3.63) is 17.8 Å². The van der Waals surface area contributed by atoms with Crippen LogP contribution in [-0.2, 0) is 12.8 Å². The summed E-state index contributed by atoms with van der Waals surface area (Å²) in [6, 6.07) is 0. The fourth-order valence-electron chi connectivity index (χ4n) is 2.14. The highest BCUT2D eigenvalue weighted by Crippen LogP contribution is 2.19. The predicted molar refractivity (Wildman–Crippen MR) is 58.6 cm³/mol. The molecule has 0 aliphatic carbocycles. The molecule has 0 aromatic carbocycles. The highest BCUT2D eigenvalue weighted by Gasteiger charge is 2.21. The molecule has 4 nitrogen and oxygen atoms in total. The predicted octanol–water partition coefficient (Wildman–Crippen LogP) is 0.670. The zero-order valence-electron chi connectivity index (χ0n) is 9.28. The molecule has 15 heavy (non-hydrogen) atoms. The van der Waals surface area contributed by atoms with Gasteiger partial charge in [0, 0.05) is 19.4 Å². The van der Waals surface area contributed by atoms with Gasteiger partial charge >= 0.3 is 0 Å². The highest BCUT2D eigenvalue weighted by molar-refractivity contribution is 4.96. The Labute approximate surface area is 90.5 Å². The van der Waals surface area contributed by atoms with Crippen LogP contribution in [0.3, 0.4) is 0 Å². The third kappa shape index (κ3) is 2.79. The van der Waals surface area contributed by atoms with Crippen LogP contribution in [0.4, 0.5) is 0 Å². The Kier molecular flexibility index (Phi) is 3.38. The summed E-state index contributed by atoms with van der Waals surface area (Å²) in [6.45, 7) is 2.98. The van der Waals surface area contributed by atoms with Crippen LogP contribution < -0.4 is 5.73 Å². The standard InChI is InChI=1S/C11H19N3O/c1-14-5-3-9(8-14)6-11-13-7-10(15-11)2-4-12/h7,9H,2-6,8,12H2,1H3. The van der Waals surface area contributed by atoms with E-state index >= 15 is 0 Å². The molecule has 2 rings (SSSR count). The number of rotatable bonds is 4. The Morgan fingerprint density at radius 2 is 2.53 bits per heavy atom. The summed E-state index contributed by atoms with van der Waals surface area (Å²) in [5, 5.41) is 0. The largest absolute Gasteiger partial charge is 0.446 e. The third-order valence-electron chi connectivity index (χ3n) is 2.94. The lowest BCUT2D eigenvalue weighted by Gasteiger charge is -2.07. The first-order valence-electron chi connectivity index (χ1n) is 5.60. The van der Waals surface area contributed by atoms with Crippen LogP contribution in [0.5, 0.6) is 0 Å². The Morgan fingerprint density at radius 1 is 1.67 bits per heavy atom. The van der Waals surface area contributed by atoms with Crippen molar-refractivity contribution in [3.63, 3.8) is 0 Å². The molecule has 1 saturated heterocycles. The summed E-state index contributed by atoms with van der Waals surface area (Å²) in [6.07, 6.45) is 4.82. The fraction of sp³-hybridized carbons (Fsp3) is 0.727. The molecule has 1 aromatic heterocycles. The molecule has 4 heteroatoms. The zero-order valence-corrected chi connectivity index (χ0v) is 9.28. The third-order valence-corrected chi connectivity index (χ3v) is 2.94. The number of oxazole rings is 1. The highest BCUT2D eigenvalue weighted by atomic mass is 16.4. The van der Waals surface area contributed by atoms with Gasteiger partial charge in [-0.15, -0.1) is 0 Å². The molecule has 2 N–H and O–H groups in total. The van der Waals surface area contributed by atoms with Crippen LogP contribution in [0, 0.1) is 5.92 Å². The van der Waals surface area contributed by atoms with Crippen LogP contribution in [0.2, 0.25) is 0 Å². The molecule has 1 fully saturated rings. The van der Waals surface area contributed by atoms with Crippen molar-refractivity contribution < 1.29 is 4.42 Å². The van der Waals surface area contributed by atoms with E-state index in [9.17, 15) is 0 Å². The first-order valence-corrected chi connectivity index (χ1v) is 5.60. The minimum Gasteiger partial charge on any atom is -0.446 e. The number of hydrogen-bond acceptors (Lipinski definition) is 4. The van der Waals surface area contributed by atoms with Gasteiger partial charge in [-0.2, -0.15) is 0 Å². The number of aromatic nitrogens is 1. The Hall–Kier alpha value is -0.870. The monoisotopic (exact) mass is 209 g/mol. The van der Waals surface area contributed by atoms with Gasteiger partial charge in [0.25, 0.3) is 0 Å². The fourth-order valence-corrected chi connectivity index (χ4v) is 2.14. The summed E-state index contributed by atoms with van der Waals surface area (Å²) in [7, 11) is 2.16. The lowest BCUT2D eigenvalue weighted by atomic mass is 10.1. The first kappa shape index (κ1) is 10.6. The van der Waals surface area contributed by atoms with Crippen LogP contribution in [0.25, 0.3) is 0 Å². The Morgan fingerprint density at radius 3 is 3.20 bits per heavy atom. The van der Waals surface area contributed by atoms with Crippen molar-refractivity contribution in [3.8, 4) is 0 Å². The van der Waals surface area contributed by atoms with E-state index in [1.54, 1.807) is 6.20 Å². The van der Waals surface area contributed by atoms with Crippen molar-refractivity contribution >= 4 is 0 Å². The zero-order chi connectivity index (χ0) is 10.7. The van der Waals surface area contributed by atoms with Gasteiger partial charge in [0.1, 0.15) is 5.76 Å². The van der Waals surface area contributed by atoms with Crippen molar-refractivity contribution in [1.29, 1.82) is 0 Å². The maximum atomic E-state index is 5.61. The molecule has 1 atom stereocenters. The first-order chi connectivity index (χ1) is 7.28. The van der Waals surface area contributed by atoms with Gasteiger partial charge in [-0.05, 0) is 32.5 Å². The molecule has 0 amide bonds. The van der Waals surface area contributed by atoms with Gasteiger partial charge in [0.15, 0.2) is 5.89 Å². The molecule has 2 heterocycles. The van der Waals surface area contributed by atoms with Crippen molar-refractivity contribution in [2.45, 2.75) is 19.3 Å². The Balaban J connectivity index is 1.87. The minimum atomic E-state index is 0.626. The minimum absolute atomic E-state index is 0.626. The number of likely N-dealkylation sites (tertiary alicyclic amines) is 1. The smallest absolute Gasteiger partial charge is 0.194 e. The van der Waals surface area contributed by atoms with Crippen molar-refractivity contribution in [2.24, 2.45) is 11.7 Å². The average molecular weight is 209 g/mol. The summed E-state index contributed by atoms with van der Waals surface area (Å²) in [4.78, 5) is 6.64. The summed E-state index contributed by atoms with van der Waals surface area (Å²) in [5.74, 6) is 2.50. The van der Waals surface area contributed by atoms with E-state index in [2.05, 4.69) is 16.9 Å². The van der Waals surface area contributed by atoms with Crippen molar-refractivity contribution in [2.75, 3.05) is 26.7 Å². The van der Waals surface area contributed by atoms with Gasteiger partial charge in [0.05, 0.1) is 6.20 Å². The van der Waals surface area contributed by atoms with Gasteiger partial charge in [-0.3, -0.25) is 0 Å². The van der Waals surface area contributed by atoms with Crippen LogP contribution in [-0.4, -0.2) is 36.6 Å². The second kappa shape index (κ2) is 4.77. The molecular weight excluding hydrogens is 190 g/mol. The van der Waals surface area contributed by atoms with Crippen molar-refractivity contribution in [1.82, 2.24) is 9.88 Å².